The van der Waals surface area contributed by atoms with E-state index in [9.17, 15) is 0 Å². The molecule has 0 bridgehead atoms. The average molecular weight is 222 g/mol. The maximum absolute atomic E-state index is 5.55. The van der Waals surface area contributed by atoms with E-state index in [0.29, 0.717) is 0 Å². The van der Waals surface area contributed by atoms with Crippen molar-refractivity contribution in [1.29, 1.82) is 0 Å². The highest BCUT2D eigenvalue weighted by Gasteiger charge is 2.20. The summed E-state index contributed by atoms with van der Waals surface area (Å²) in [6, 6.07) is 2.93. The lowest BCUT2D eigenvalue weighted by Gasteiger charge is -2.12. The zero-order valence-electron chi connectivity index (χ0n) is 10.3. The van der Waals surface area contributed by atoms with Crippen molar-refractivity contribution >= 4 is 0 Å². The van der Waals surface area contributed by atoms with Crippen LogP contribution in [0.5, 0.6) is 0 Å². The van der Waals surface area contributed by atoms with Gasteiger partial charge in [-0.1, -0.05) is 6.92 Å². The quantitative estimate of drug-likeness (QED) is 0.767. The molecule has 0 atom stereocenters. The van der Waals surface area contributed by atoms with Gasteiger partial charge in [-0.15, -0.1) is 0 Å². The zero-order valence-corrected chi connectivity index (χ0v) is 10.3. The molecular formula is C13H22N2O. The molecule has 0 aliphatic heterocycles. The minimum Gasteiger partial charge on any atom is -0.468 e. The summed E-state index contributed by atoms with van der Waals surface area (Å²) >= 11 is 0. The average Bonchev–Trinajstić information content (AvgIpc) is 2.98. The molecule has 90 valence electrons. The third-order valence-electron chi connectivity index (χ3n) is 2.91. The minimum absolute atomic E-state index is 0.765. The number of hydrogen-bond donors (Lipinski definition) is 1. The Bertz CT molecular complexity index is 317. The predicted octanol–water partition coefficient (Wildman–Crippen LogP) is 2.37. The van der Waals surface area contributed by atoms with Gasteiger partial charge in [0.2, 0.25) is 0 Å². The first-order valence-corrected chi connectivity index (χ1v) is 6.26. The van der Waals surface area contributed by atoms with Gasteiger partial charge in [0.05, 0.1) is 12.8 Å². The first kappa shape index (κ1) is 11.7. The second kappa shape index (κ2) is 5.51. The smallest absolute Gasteiger partial charge is 0.118 e. The predicted molar refractivity (Wildman–Crippen MR) is 65.2 cm³/mol. The molecule has 0 spiro atoms. The monoisotopic (exact) mass is 222 g/mol. The lowest BCUT2D eigenvalue weighted by atomic mass is 10.3. The van der Waals surface area contributed by atoms with Gasteiger partial charge in [0, 0.05) is 18.2 Å². The molecule has 1 heterocycles. The molecule has 1 aliphatic rings. The Labute approximate surface area is 97.8 Å². The molecule has 0 saturated heterocycles. The number of furan rings is 1. The van der Waals surface area contributed by atoms with Crippen molar-refractivity contribution in [3.8, 4) is 0 Å². The molecule has 1 fully saturated rings. The van der Waals surface area contributed by atoms with E-state index >= 15 is 0 Å². The van der Waals surface area contributed by atoms with Gasteiger partial charge in [-0.2, -0.15) is 0 Å². The molecular weight excluding hydrogens is 200 g/mol. The zero-order chi connectivity index (χ0) is 11.4. The molecule has 1 N–H and O–H groups in total. The van der Waals surface area contributed by atoms with E-state index in [-0.39, 0.29) is 0 Å². The first-order chi connectivity index (χ1) is 7.78. The fourth-order valence-electron chi connectivity index (χ4n) is 1.88. The van der Waals surface area contributed by atoms with Gasteiger partial charge in [0.1, 0.15) is 5.76 Å². The molecule has 3 heteroatoms. The first-order valence-electron chi connectivity index (χ1n) is 6.26. The van der Waals surface area contributed by atoms with Crippen molar-refractivity contribution in [3.63, 3.8) is 0 Å². The Morgan fingerprint density at radius 2 is 2.31 bits per heavy atom. The Kier molecular flexibility index (Phi) is 4.02. The third-order valence-corrected chi connectivity index (χ3v) is 2.91. The van der Waals surface area contributed by atoms with Crippen LogP contribution in [0.15, 0.2) is 16.7 Å². The van der Waals surface area contributed by atoms with Crippen molar-refractivity contribution in [3.05, 3.63) is 23.7 Å². The van der Waals surface area contributed by atoms with E-state index in [1.807, 2.05) is 6.26 Å². The number of hydrogen-bond acceptors (Lipinski definition) is 3. The summed E-state index contributed by atoms with van der Waals surface area (Å²) in [5.74, 6) is 1.07. The summed E-state index contributed by atoms with van der Waals surface area (Å²) in [5.41, 5.74) is 1.27. The second-order valence-electron chi connectivity index (χ2n) is 4.81. The molecule has 0 radical (unpaired) electrons. The SMILES string of the molecule is CCCN(C)Cc1cc(CNC2CC2)co1. The molecule has 2 rings (SSSR count). The summed E-state index contributed by atoms with van der Waals surface area (Å²) in [5, 5.41) is 3.49. The number of nitrogens with zero attached hydrogens (tertiary/aromatic N) is 1. The van der Waals surface area contributed by atoms with Gasteiger partial charge in [-0.25, -0.2) is 0 Å². The van der Waals surface area contributed by atoms with Crippen LogP contribution in [0.25, 0.3) is 0 Å². The topological polar surface area (TPSA) is 28.4 Å². The lowest BCUT2D eigenvalue weighted by molar-refractivity contribution is 0.295. The molecule has 16 heavy (non-hydrogen) atoms. The van der Waals surface area contributed by atoms with Crippen molar-refractivity contribution in [2.45, 2.75) is 45.3 Å². The van der Waals surface area contributed by atoms with Crippen molar-refractivity contribution in [1.82, 2.24) is 10.2 Å². The molecule has 1 saturated carbocycles. The summed E-state index contributed by atoms with van der Waals surface area (Å²) in [4.78, 5) is 2.29. The van der Waals surface area contributed by atoms with E-state index in [0.717, 1.165) is 31.4 Å². The second-order valence-corrected chi connectivity index (χ2v) is 4.81. The van der Waals surface area contributed by atoms with Gasteiger partial charge < -0.3 is 9.73 Å². The lowest BCUT2D eigenvalue weighted by Crippen LogP contribution is -2.18. The standard InChI is InChI=1S/C13H22N2O/c1-3-6-15(2)9-13-7-11(10-16-13)8-14-12-4-5-12/h7,10,12,14H,3-6,8-9H2,1-2H3. The van der Waals surface area contributed by atoms with Crippen LogP contribution in [0.1, 0.15) is 37.5 Å². The summed E-state index contributed by atoms with van der Waals surface area (Å²) < 4.78 is 5.55. The molecule has 1 aromatic heterocycles. The van der Waals surface area contributed by atoms with Gasteiger partial charge >= 0.3 is 0 Å². The van der Waals surface area contributed by atoms with Crippen molar-refractivity contribution in [2.24, 2.45) is 0 Å². The van der Waals surface area contributed by atoms with E-state index < -0.39 is 0 Å². The van der Waals surface area contributed by atoms with Crippen molar-refractivity contribution < 1.29 is 4.42 Å². The molecule has 0 unspecified atom stereocenters. The van der Waals surface area contributed by atoms with Crippen LogP contribution in [0.3, 0.4) is 0 Å². The van der Waals surface area contributed by atoms with Crippen LogP contribution in [0, 0.1) is 0 Å². The molecule has 1 aliphatic carbocycles. The van der Waals surface area contributed by atoms with Gasteiger partial charge in [0.15, 0.2) is 0 Å². The Morgan fingerprint density at radius 1 is 1.50 bits per heavy atom. The van der Waals surface area contributed by atoms with Gasteiger partial charge in [-0.3, -0.25) is 4.90 Å². The van der Waals surface area contributed by atoms with E-state index in [1.54, 1.807) is 0 Å². The Balaban J connectivity index is 1.76. The van der Waals surface area contributed by atoms with E-state index in [4.69, 9.17) is 4.42 Å². The number of nitrogens with one attached hydrogen (secondary N) is 1. The highest BCUT2D eigenvalue weighted by molar-refractivity contribution is 5.13. The maximum Gasteiger partial charge on any atom is 0.118 e. The van der Waals surface area contributed by atoms with Crippen LogP contribution >= 0.6 is 0 Å². The van der Waals surface area contributed by atoms with Crippen LogP contribution in [0.4, 0.5) is 0 Å². The highest BCUT2D eigenvalue weighted by Crippen LogP contribution is 2.19. The molecule has 0 aromatic carbocycles. The highest BCUT2D eigenvalue weighted by atomic mass is 16.3. The van der Waals surface area contributed by atoms with Crippen LogP contribution in [0.2, 0.25) is 0 Å². The van der Waals surface area contributed by atoms with Crippen LogP contribution in [-0.4, -0.2) is 24.5 Å². The Hall–Kier alpha value is -0.800. The van der Waals surface area contributed by atoms with Crippen molar-refractivity contribution in [2.75, 3.05) is 13.6 Å². The number of rotatable bonds is 7. The third kappa shape index (κ3) is 3.65. The van der Waals surface area contributed by atoms with E-state index in [2.05, 4.69) is 30.3 Å². The van der Waals surface area contributed by atoms with Crippen LogP contribution in [-0.2, 0) is 13.1 Å². The normalized spacial score (nSPS) is 15.9. The summed E-state index contributed by atoms with van der Waals surface area (Å²) in [6.07, 6.45) is 5.74. The fourth-order valence-corrected chi connectivity index (χ4v) is 1.88. The van der Waals surface area contributed by atoms with Gasteiger partial charge in [-0.05, 0) is 38.9 Å². The fraction of sp³-hybridized carbons (Fsp3) is 0.692. The largest absolute Gasteiger partial charge is 0.468 e. The molecule has 3 nitrogen and oxygen atoms in total. The van der Waals surface area contributed by atoms with Crippen LogP contribution < -0.4 is 5.32 Å². The Morgan fingerprint density at radius 3 is 3.00 bits per heavy atom. The van der Waals surface area contributed by atoms with E-state index in [1.165, 1.54) is 24.8 Å². The summed E-state index contributed by atoms with van der Waals surface area (Å²) in [6.45, 7) is 5.18. The molecule has 0 amide bonds. The van der Waals surface area contributed by atoms with Gasteiger partial charge in [0.25, 0.3) is 0 Å². The minimum atomic E-state index is 0.765. The summed E-state index contributed by atoms with van der Waals surface area (Å²) in [7, 11) is 2.13. The maximum atomic E-state index is 5.55. The molecule has 1 aromatic rings.